The molecule has 13 nitrogen and oxygen atoms in total. The molecule has 0 spiro atoms. The monoisotopic (exact) mass is 750 g/mol. The van der Waals surface area contributed by atoms with Crippen LogP contribution in [0.2, 0.25) is 0 Å². The number of phosphoric ester groups is 1. The third-order valence-electron chi connectivity index (χ3n) is 6.70. The van der Waals surface area contributed by atoms with Gasteiger partial charge in [-0.05, 0) is 73.2 Å². The molecular formula is C34H45F2N6O7PS. The number of nitrogens with one attached hydrogen (secondary N) is 2. The van der Waals surface area contributed by atoms with Crippen LogP contribution in [-0.2, 0) is 29.4 Å². The van der Waals surface area contributed by atoms with E-state index < -0.39 is 36.6 Å². The van der Waals surface area contributed by atoms with E-state index >= 15 is 0 Å². The molecule has 2 heterocycles. The summed E-state index contributed by atoms with van der Waals surface area (Å²) in [5.41, 5.74) is -1.04. The van der Waals surface area contributed by atoms with E-state index in [1.54, 1.807) is 53.7 Å². The molecule has 0 aliphatic carbocycles. The number of methoxy groups -OCH3 is 1. The van der Waals surface area contributed by atoms with E-state index in [4.69, 9.17) is 23.0 Å². The highest BCUT2D eigenvalue weighted by Crippen LogP contribution is 2.55. The number of hydrogen-bond donors (Lipinski definition) is 2. The van der Waals surface area contributed by atoms with Gasteiger partial charge in [0, 0.05) is 35.6 Å². The molecule has 0 radical (unpaired) electrons. The number of amides is 1. The van der Waals surface area contributed by atoms with Gasteiger partial charge in [-0.2, -0.15) is 0 Å². The quantitative estimate of drug-likeness (QED) is 0.0804. The Labute approximate surface area is 300 Å². The third-order valence-corrected chi connectivity index (χ3v) is 9.65. The highest BCUT2D eigenvalue weighted by Gasteiger charge is 2.37. The first-order chi connectivity index (χ1) is 23.9. The summed E-state index contributed by atoms with van der Waals surface area (Å²) < 4.78 is 69.3. The Hall–Kier alpha value is -3.79. The number of anilines is 3. The van der Waals surface area contributed by atoms with E-state index in [9.17, 15) is 18.1 Å². The van der Waals surface area contributed by atoms with Gasteiger partial charge in [-0.15, -0.1) is 11.3 Å². The Morgan fingerprint density at radius 1 is 0.980 bits per heavy atom. The molecule has 0 atom stereocenters. The van der Waals surface area contributed by atoms with Crippen molar-refractivity contribution >= 4 is 52.6 Å². The molecule has 0 aliphatic rings. The van der Waals surface area contributed by atoms with Gasteiger partial charge in [0.05, 0.1) is 49.2 Å². The Morgan fingerprint density at radius 3 is 2.39 bits per heavy atom. The number of fused-ring (bicyclic) bond motifs is 1. The van der Waals surface area contributed by atoms with Gasteiger partial charge in [0.2, 0.25) is 5.91 Å². The van der Waals surface area contributed by atoms with Crippen LogP contribution in [0.15, 0.2) is 42.9 Å². The zero-order chi connectivity index (χ0) is 37.4. The Bertz CT molecular complexity index is 1830. The maximum Gasteiger partial charge on any atom is 0.475 e. The fourth-order valence-electron chi connectivity index (χ4n) is 4.62. The van der Waals surface area contributed by atoms with Crippen molar-refractivity contribution in [2.24, 2.45) is 0 Å². The summed E-state index contributed by atoms with van der Waals surface area (Å²) in [7, 11) is -0.309. The first-order valence-electron chi connectivity index (χ1n) is 16.2. The SMILES string of the molecule is COc1cc2c(Nc3ncc(CC(=O)Nc4cccc(F)c4F)s3)ncnc2cc1OCCCN(C)CCOP(=O)(OC(C)(C)C)OC(C)(C)C. The number of ether oxygens (including phenoxy) is 2. The van der Waals surface area contributed by atoms with Gasteiger partial charge in [-0.1, -0.05) is 6.07 Å². The van der Waals surface area contributed by atoms with Gasteiger partial charge in [0.1, 0.15) is 12.1 Å². The number of aromatic nitrogens is 3. The van der Waals surface area contributed by atoms with Crippen LogP contribution in [0.1, 0.15) is 52.8 Å². The minimum atomic E-state index is -3.78. The average molecular weight is 751 g/mol. The van der Waals surface area contributed by atoms with Crippen molar-refractivity contribution in [3.05, 3.63) is 59.4 Å². The van der Waals surface area contributed by atoms with Gasteiger partial charge in [0.25, 0.3) is 0 Å². The van der Waals surface area contributed by atoms with Crippen LogP contribution in [0, 0.1) is 11.6 Å². The second kappa shape index (κ2) is 17.2. The summed E-state index contributed by atoms with van der Waals surface area (Å²) in [6, 6.07) is 7.11. The van der Waals surface area contributed by atoms with Crippen molar-refractivity contribution in [2.75, 3.05) is 51.1 Å². The summed E-state index contributed by atoms with van der Waals surface area (Å²) in [5.74, 6) is -1.22. The van der Waals surface area contributed by atoms with Crippen molar-refractivity contribution in [3.8, 4) is 11.5 Å². The average Bonchev–Trinajstić information content (AvgIpc) is 3.45. The van der Waals surface area contributed by atoms with Crippen LogP contribution >= 0.6 is 19.2 Å². The molecule has 0 bridgehead atoms. The lowest BCUT2D eigenvalue weighted by atomic mass is 10.2. The van der Waals surface area contributed by atoms with E-state index in [-0.39, 0.29) is 18.7 Å². The van der Waals surface area contributed by atoms with Gasteiger partial charge in [-0.3, -0.25) is 18.4 Å². The maximum absolute atomic E-state index is 13.9. The number of rotatable bonds is 17. The van der Waals surface area contributed by atoms with Crippen molar-refractivity contribution in [1.29, 1.82) is 0 Å². The van der Waals surface area contributed by atoms with Crippen LogP contribution in [0.5, 0.6) is 11.5 Å². The molecule has 0 saturated carbocycles. The van der Waals surface area contributed by atoms with E-state index in [0.717, 1.165) is 6.07 Å². The van der Waals surface area contributed by atoms with E-state index in [1.165, 1.54) is 43.1 Å². The van der Waals surface area contributed by atoms with Crippen molar-refractivity contribution in [2.45, 2.75) is 65.6 Å². The molecule has 51 heavy (non-hydrogen) atoms. The molecule has 0 fully saturated rings. The summed E-state index contributed by atoms with van der Waals surface area (Å²) in [6.07, 6.45) is 3.53. The fourth-order valence-corrected chi connectivity index (χ4v) is 7.22. The Kier molecular flexibility index (Phi) is 13.4. The van der Waals surface area contributed by atoms with Crippen LogP contribution in [-0.4, -0.2) is 77.4 Å². The van der Waals surface area contributed by atoms with Gasteiger partial charge in [-0.25, -0.2) is 28.3 Å². The normalized spacial score (nSPS) is 12.4. The predicted molar refractivity (Wildman–Crippen MR) is 193 cm³/mol. The minimum Gasteiger partial charge on any atom is -0.493 e. The van der Waals surface area contributed by atoms with Gasteiger partial charge >= 0.3 is 7.82 Å². The standard InChI is InChI=1S/C34H45F2N6O7PS/c1-33(2,3)48-50(44,49-34(4,5)6)47-16-14-42(7)13-10-15-46-28-19-26-23(18-27(28)45-8)31(39-21-38-26)41-32-37-20-22(51-32)17-29(43)40-25-12-9-11-24(35)30(25)36/h9,11-12,18-21H,10,13-17H2,1-8H3,(H,40,43)(H,37,38,39,41). The van der Waals surface area contributed by atoms with Gasteiger partial charge in [0.15, 0.2) is 28.3 Å². The number of nitrogens with zero attached hydrogens (tertiary/aromatic N) is 4. The number of phosphoric acid groups is 1. The Morgan fingerprint density at radius 2 is 1.71 bits per heavy atom. The number of carbonyl (C=O) groups is 1. The molecule has 0 saturated heterocycles. The number of hydrogen-bond acceptors (Lipinski definition) is 13. The summed E-state index contributed by atoms with van der Waals surface area (Å²) >= 11 is 1.22. The molecule has 4 rings (SSSR count). The Balaban J connectivity index is 1.30. The molecular weight excluding hydrogens is 705 g/mol. The highest BCUT2D eigenvalue weighted by atomic mass is 32.1. The second-order valence-corrected chi connectivity index (χ2v) is 16.2. The van der Waals surface area contributed by atoms with E-state index in [2.05, 4.69) is 25.6 Å². The maximum atomic E-state index is 13.9. The highest BCUT2D eigenvalue weighted by molar-refractivity contribution is 7.48. The van der Waals surface area contributed by atoms with Crippen LogP contribution in [0.25, 0.3) is 10.9 Å². The van der Waals surface area contributed by atoms with Crippen LogP contribution in [0.3, 0.4) is 0 Å². The second-order valence-electron chi connectivity index (χ2n) is 13.5. The molecule has 0 unspecified atom stereocenters. The molecule has 2 N–H and O–H groups in total. The summed E-state index contributed by atoms with van der Waals surface area (Å²) in [5, 5.41) is 6.66. The lowest BCUT2D eigenvalue weighted by Crippen LogP contribution is -2.28. The molecule has 2 aromatic heterocycles. The number of benzene rings is 2. The van der Waals surface area contributed by atoms with Crippen molar-refractivity contribution in [1.82, 2.24) is 19.9 Å². The molecule has 17 heteroatoms. The lowest BCUT2D eigenvalue weighted by molar-refractivity contribution is -0.115. The number of likely N-dealkylation sites (N-methyl/N-ethyl adjacent to an activating group) is 1. The van der Waals surface area contributed by atoms with E-state index in [0.29, 0.717) is 64.3 Å². The smallest absolute Gasteiger partial charge is 0.475 e. The summed E-state index contributed by atoms with van der Waals surface area (Å²) in [4.78, 5) is 28.2. The molecule has 4 aromatic rings. The van der Waals surface area contributed by atoms with Crippen LogP contribution < -0.4 is 20.1 Å². The third kappa shape index (κ3) is 12.4. The van der Waals surface area contributed by atoms with Crippen molar-refractivity contribution in [3.63, 3.8) is 0 Å². The molecule has 278 valence electrons. The number of halogens is 2. The fraction of sp³-hybridized carbons (Fsp3) is 0.471. The topological polar surface area (TPSA) is 146 Å². The van der Waals surface area contributed by atoms with Crippen LogP contribution in [0.4, 0.5) is 25.4 Å². The first-order valence-corrected chi connectivity index (χ1v) is 18.5. The zero-order valence-corrected chi connectivity index (χ0v) is 31.8. The molecule has 1 amide bonds. The minimum absolute atomic E-state index is 0.0845. The molecule has 2 aromatic carbocycles. The molecule has 0 aliphatic heterocycles. The van der Waals surface area contributed by atoms with Crippen molar-refractivity contribution < 1.29 is 41.2 Å². The zero-order valence-electron chi connectivity index (χ0n) is 30.0. The van der Waals surface area contributed by atoms with Gasteiger partial charge < -0.3 is 25.0 Å². The summed E-state index contributed by atoms with van der Waals surface area (Å²) in [6.45, 7) is 12.5. The number of carbonyl (C=O) groups excluding carboxylic acids is 1. The lowest BCUT2D eigenvalue weighted by Gasteiger charge is -2.31. The largest absolute Gasteiger partial charge is 0.493 e. The number of thiazole rings is 1. The predicted octanol–water partition coefficient (Wildman–Crippen LogP) is 7.75. The van der Waals surface area contributed by atoms with E-state index in [1.807, 2.05) is 11.9 Å². The first kappa shape index (κ1) is 40.0.